The number of para-hydroxylation sites is 1. The van der Waals surface area contributed by atoms with Crippen molar-refractivity contribution in [2.75, 3.05) is 0 Å². The minimum atomic E-state index is 0.798. The third-order valence-electron chi connectivity index (χ3n) is 2.56. The quantitative estimate of drug-likeness (QED) is 0.603. The van der Waals surface area contributed by atoms with E-state index in [9.17, 15) is 4.79 Å². The zero-order chi connectivity index (χ0) is 11.0. The van der Waals surface area contributed by atoms with Gasteiger partial charge in [-0.25, -0.2) is 4.98 Å². The van der Waals surface area contributed by atoms with Crippen LogP contribution in [-0.2, 0) is 4.79 Å². The van der Waals surface area contributed by atoms with Gasteiger partial charge >= 0.3 is 0 Å². The van der Waals surface area contributed by atoms with Crippen molar-refractivity contribution in [2.24, 2.45) is 0 Å². The molecular formula is C12H8N3O. The number of benzene rings is 1. The Bertz CT molecular complexity index is 637. The number of fused-ring (bicyclic) bond motifs is 1. The monoisotopic (exact) mass is 210 g/mol. The summed E-state index contributed by atoms with van der Waals surface area (Å²) in [4.78, 5) is 14.8. The van der Waals surface area contributed by atoms with E-state index in [4.69, 9.17) is 0 Å². The normalized spacial score (nSPS) is 10.8. The molecule has 0 aliphatic carbocycles. The number of hydrogen-bond acceptors (Lipinski definition) is 2. The molecule has 3 rings (SSSR count). The highest BCUT2D eigenvalue weighted by Crippen LogP contribution is 2.23. The van der Waals surface area contributed by atoms with E-state index in [2.05, 4.69) is 11.2 Å². The van der Waals surface area contributed by atoms with Crippen LogP contribution in [0.15, 0.2) is 43.0 Å². The molecule has 0 aliphatic heterocycles. The van der Waals surface area contributed by atoms with Crippen molar-refractivity contribution in [1.82, 2.24) is 14.1 Å². The molecule has 0 saturated heterocycles. The number of aromatic nitrogens is 3. The molecule has 2 aromatic heterocycles. The average Bonchev–Trinajstić information content (AvgIpc) is 2.95. The SMILES string of the molecule is O=Cn1cc(-n2c[c]nc2)c2ccccc21. The lowest BCUT2D eigenvalue weighted by atomic mass is 10.2. The van der Waals surface area contributed by atoms with Crippen LogP contribution >= 0.6 is 0 Å². The fourth-order valence-corrected chi connectivity index (χ4v) is 1.84. The first-order chi connectivity index (χ1) is 7.90. The van der Waals surface area contributed by atoms with E-state index in [1.165, 1.54) is 0 Å². The van der Waals surface area contributed by atoms with Gasteiger partial charge in [0.05, 0.1) is 11.2 Å². The summed E-state index contributed by atoms with van der Waals surface area (Å²) < 4.78 is 3.40. The Hall–Kier alpha value is -2.36. The summed E-state index contributed by atoms with van der Waals surface area (Å²) in [6.07, 6.45) is 8.72. The second-order valence-electron chi connectivity index (χ2n) is 3.45. The maximum absolute atomic E-state index is 10.9. The number of rotatable bonds is 2. The molecule has 0 bridgehead atoms. The van der Waals surface area contributed by atoms with Crippen LogP contribution in [-0.4, -0.2) is 20.5 Å². The highest BCUT2D eigenvalue weighted by atomic mass is 16.1. The van der Waals surface area contributed by atoms with Gasteiger partial charge in [0.2, 0.25) is 6.41 Å². The van der Waals surface area contributed by atoms with Gasteiger partial charge in [-0.2, -0.15) is 0 Å². The fourth-order valence-electron chi connectivity index (χ4n) is 1.84. The van der Waals surface area contributed by atoms with Gasteiger partial charge in [-0.3, -0.25) is 9.36 Å². The van der Waals surface area contributed by atoms with E-state index < -0.39 is 0 Å². The number of carbonyl (C=O) groups excluding carboxylic acids is 1. The third-order valence-corrected chi connectivity index (χ3v) is 2.56. The van der Waals surface area contributed by atoms with Crippen LogP contribution in [0.1, 0.15) is 0 Å². The molecule has 16 heavy (non-hydrogen) atoms. The molecule has 2 heterocycles. The van der Waals surface area contributed by atoms with Crippen LogP contribution in [0.2, 0.25) is 0 Å². The third kappa shape index (κ3) is 1.16. The molecule has 0 aliphatic rings. The maximum atomic E-state index is 10.9. The Balaban J connectivity index is 2.37. The molecule has 1 aromatic carbocycles. The predicted octanol–water partition coefficient (Wildman–Crippen LogP) is 1.67. The van der Waals surface area contributed by atoms with E-state index in [-0.39, 0.29) is 0 Å². The smallest absolute Gasteiger partial charge is 0.218 e. The van der Waals surface area contributed by atoms with Gasteiger partial charge < -0.3 is 4.57 Å². The predicted molar refractivity (Wildman–Crippen MR) is 60.0 cm³/mol. The lowest BCUT2D eigenvalue weighted by Crippen LogP contribution is -1.91. The van der Waals surface area contributed by atoms with Crippen molar-refractivity contribution in [3.63, 3.8) is 0 Å². The Kier molecular flexibility index (Phi) is 1.86. The van der Waals surface area contributed by atoms with Gasteiger partial charge in [-0.05, 0) is 6.07 Å². The number of hydrogen-bond donors (Lipinski definition) is 0. The van der Waals surface area contributed by atoms with Crippen LogP contribution in [0, 0.1) is 6.20 Å². The van der Waals surface area contributed by atoms with Crippen molar-refractivity contribution in [3.05, 3.63) is 49.2 Å². The largest absolute Gasteiger partial charge is 0.303 e. The van der Waals surface area contributed by atoms with Gasteiger partial charge in [0.15, 0.2) is 0 Å². The summed E-state index contributed by atoms with van der Waals surface area (Å²) in [5, 5.41) is 1.01. The number of nitrogens with zero attached hydrogens (tertiary/aromatic N) is 3. The van der Waals surface area contributed by atoms with Crippen molar-refractivity contribution >= 4 is 17.3 Å². The Morgan fingerprint density at radius 2 is 2.19 bits per heavy atom. The Labute approximate surface area is 91.8 Å². The average molecular weight is 210 g/mol. The van der Waals surface area contributed by atoms with Crippen molar-refractivity contribution in [1.29, 1.82) is 0 Å². The van der Waals surface area contributed by atoms with Gasteiger partial charge in [-0.1, -0.05) is 18.2 Å². The van der Waals surface area contributed by atoms with Gasteiger partial charge in [0.1, 0.15) is 12.5 Å². The minimum Gasteiger partial charge on any atom is -0.303 e. The highest BCUT2D eigenvalue weighted by Gasteiger charge is 2.08. The number of carbonyl (C=O) groups is 1. The summed E-state index contributed by atoms with van der Waals surface area (Å²) in [6.45, 7) is 0. The number of imidazole rings is 1. The molecule has 4 nitrogen and oxygen atoms in total. The summed E-state index contributed by atoms with van der Waals surface area (Å²) >= 11 is 0. The van der Waals surface area contributed by atoms with Crippen molar-refractivity contribution in [3.8, 4) is 5.69 Å². The summed E-state index contributed by atoms with van der Waals surface area (Å²) in [7, 11) is 0. The topological polar surface area (TPSA) is 39.8 Å². The van der Waals surface area contributed by atoms with Crippen molar-refractivity contribution in [2.45, 2.75) is 0 Å². The molecule has 0 saturated carbocycles. The molecule has 0 unspecified atom stereocenters. The molecule has 0 fully saturated rings. The minimum absolute atomic E-state index is 0.798. The molecule has 0 amide bonds. The first kappa shape index (κ1) is 8.91. The van der Waals surface area contributed by atoms with Gasteiger partial charge in [0, 0.05) is 17.8 Å². The van der Waals surface area contributed by atoms with Gasteiger partial charge in [-0.15, -0.1) is 0 Å². The summed E-state index contributed by atoms with van der Waals surface area (Å²) in [5.41, 5.74) is 1.82. The lowest BCUT2D eigenvalue weighted by Gasteiger charge is -1.97. The van der Waals surface area contributed by atoms with Crippen LogP contribution in [0.5, 0.6) is 0 Å². The van der Waals surface area contributed by atoms with Crippen LogP contribution in [0.4, 0.5) is 0 Å². The zero-order valence-electron chi connectivity index (χ0n) is 8.37. The molecule has 4 heteroatoms. The van der Waals surface area contributed by atoms with E-state index in [0.717, 1.165) is 23.0 Å². The summed E-state index contributed by atoms with van der Waals surface area (Å²) in [6, 6.07) is 7.74. The molecular weight excluding hydrogens is 202 g/mol. The first-order valence-electron chi connectivity index (χ1n) is 4.85. The van der Waals surface area contributed by atoms with Crippen LogP contribution < -0.4 is 0 Å². The second kappa shape index (κ2) is 3.34. The second-order valence-corrected chi connectivity index (χ2v) is 3.45. The van der Waals surface area contributed by atoms with E-state index in [0.29, 0.717) is 0 Å². The lowest BCUT2D eigenvalue weighted by molar-refractivity contribution is 0.549. The molecule has 3 aromatic rings. The van der Waals surface area contributed by atoms with E-state index >= 15 is 0 Å². The Morgan fingerprint density at radius 3 is 2.94 bits per heavy atom. The van der Waals surface area contributed by atoms with Crippen LogP contribution in [0.25, 0.3) is 16.6 Å². The summed E-state index contributed by atoms with van der Waals surface area (Å²) in [5.74, 6) is 0. The zero-order valence-corrected chi connectivity index (χ0v) is 8.37. The van der Waals surface area contributed by atoms with Crippen molar-refractivity contribution < 1.29 is 4.79 Å². The maximum Gasteiger partial charge on any atom is 0.218 e. The molecule has 1 radical (unpaired) electrons. The molecule has 0 atom stereocenters. The van der Waals surface area contributed by atoms with Crippen LogP contribution in [0.3, 0.4) is 0 Å². The molecule has 0 spiro atoms. The molecule has 0 N–H and O–H groups in total. The highest BCUT2D eigenvalue weighted by molar-refractivity contribution is 5.92. The molecule has 77 valence electrons. The van der Waals surface area contributed by atoms with E-state index in [1.807, 2.05) is 28.8 Å². The van der Waals surface area contributed by atoms with Gasteiger partial charge in [0.25, 0.3) is 0 Å². The first-order valence-corrected chi connectivity index (χ1v) is 4.85. The standard InChI is InChI=1S/C12H8N3O/c16-9-15-7-12(14-6-5-13-8-14)10-3-1-2-4-11(10)15/h1-4,6-9H. The van der Waals surface area contributed by atoms with E-state index in [1.54, 1.807) is 23.3 Å². The Morgan fingerprint density at radius 1 is 1.31 bits per heavy atom. The fraction of sp³-hybridized carbons (Fsp3) is 0.